The van der Waals surface area contributed by atoms with Gasteiger partial charge in [0.2, 0.25) is 0 Å². The summed E-state index contributed by atoms with van der Waals surface area (Å²) < 4.78 is 10.7. The predicted octanol–water partition coefficient (Wildman–Crippen LogP) is 3.83. The number of hydrogen-bond acceptors (Lipinski definition) is 7. The molecule has 6 atom stereocenters. The van der Waals surface area contributed by atoms with Gasteiger partial charge in [-0.15, -0.1) is 6.42 Å². The number of H-pyrrole nitrogens is 2. The van der Waals surface area contributed by atoms with E-state index in [-0.39, 0.29) is 42.8 Å². The first-order valence-corrected chi connectivity index (χ1v) is 16.9. The van der Waals surface area contributed by atoms with E-state index in [0.29, 0.717) is 12.0 Å². The Hall–Kier alpha value is -4.68. The summed E-state index contributed by atoms with van der Waals surface area (Å²) in [6.45, 7) is 12.5. The molecule has 9 heteroatoms. The molecule has 0 saturated carbocycles. The highest BCUT2D eigenvalue weighted by molar-refractivity contribution is 5.88. The lowest BCUT2D eigenvalue weighted by Gasteiger charge is -2.27. The molecule has 1 unspecified atom stereocenters. The molecule has 1 fully saturated rings. The van der Waals surface area contributed by atoms with E-state index in [2.05, 4.69) is 72.4 Å². The number of aliphatic hydroxyl groups is 1. The number of rotatable bonds is 7. The van der Waals surface area contributed by atoms with Gasteiger partial charge in [0.1, 0.15) is 12.5 Å². The van der Waals surface area contributed by atoms with Crippen molar-refractivity contribution in [3.63, 3.8) is 0 Å². The van der Waals surface area contributed by atoms with Crippen LogP contribution >= 0.6 is 0 Å². The normalized spacial score (nSPS) is 28.6. The van der Waals surface area contributed by atoms with Gasteiger partial charge in [0, 0.05) is 57.1 Å². The van der Waals surface area contributed by atoms with E-state index in [0.717, 1.165) is 67.9 Å². The monoisotopic (exact) mass is 650 g/mol. The average molecular weight is 651 g/mol. The van der Waals surface area contributed by atoms with Gasteiger partial charge in [-0.05, 0) is 92.5 Å². The van der Waals surface area contributed by atoms with Gasteiger partial charge >= 0.3 is 11.9 Å². The third-order valence-electron chi connectivity index (χ3n) is 10.8. The van der Waals surface area contributed by atoms with E-state index < -0.39 is 18.0 Å². The number of fused-ring (bicyclic) bond motifs is 8. The first-order chi connectivity index (χ1) is 23.0. The predicted molar refractivity (Wildman–Crippen MR) is 186 cm³/mol. The van der Waals surface area contributed by atoms with Crippen LogP contribution in [0.25, 0.3) is 17.7 Å². The highest BCUT2D eigenvalue weighted by Gasteiger charge is 2.49. The quantitative estimate of drug-likeness (QED) is 0.175. The second-order valence-corrected chi connectivity index (χ2v) is 13.3. The Morgan fingerprint density at radius 1 is 1.08 bits per heavy atom. The molecular weight excluding hydrogens is 604 g/mol. The minimum absolute atomic E-state index is 0.0255. The van der Waals surface area contributed by atoms with Crippen molar-refractivity contribution in [1.82, 2.24) is 20.6 Å². The number of aromatic nitrogens is 2. The van der Waals surface area contributed by atoms with Crippen LogP contribution in [0.2, 0.25) is 0 Å². The third kappa shape index (κ3) is 5.42. The van der Waals surface area contributed by atoms with E-state index in [1.165, 1.54) is 12.7 Å². The molecule has 0 amide bonds. The first kappa shape index (κ1) is 33.2. The van der Waals surface area contributed by atoms with Crippen molar-refractivity contribution < 1.29 is 24.2 Å². The zero-order valence-corrected chi connectivity index (χ0v) is 28.8. The van der Waals surface area contributed by atoms with E-state index in [1.54, 1.807) is 6.08 Å². The van der Waals surface area contributed by atoms with E-state index in [4.69, 9.17) is 15.9 Å². The summed E-state index contributed by atoms with van der Waals surface area (Å²) in [6.07, 6.45) is 16.5. The number of methoxy groups -OCH3 is 1. The maximum atomic E-state index is 13.5. The molecule has 4 aliphatic rings. The lowest BCUT2D eigenvalue weighted by Crippen LogP contribution is -2.37. The number of esters is 2. The van der Waals surface area contributed by atoms with Crippen molar-refractivity contribution in [2.75, 3.05) is 13.7 Å². The van der Waals surface area contributed by atoms with Crippen LogP contribution in [0.15, 0.2) is 40.9 Å². The fraction of sp³-hybridized carbons (Fsp3) is 0.436. The van der Waals surface area contributed by atoms with Gasteiger partial charge in [0.25, 0.3) is 0 Å². The van der Waals surface area contributed by atoms with Crippen LogP contribution < -0.4 is 21.3 Å². The fourth-order valence-corrected chi connectivity index (χ4v) is 8.08. The SMILES string of the molecule is C#C[C@@H]1C(C)=C2/C=C3\NC(C4=c5[nH]/c(c(C)c5[C@@H](O)[C@@H]4C(=O)OC)=C\c4[nH]c(c(C)c4CC)/C=C/1N2)[C@@H](CCC(=O)OC/C=C\C)[C@@H]3C. The van der Waals surface area contributed by atoms with Crippen molar-refractivity contribution in [2.24, 2.45) is 23.7 Å². The molecule has 1 saturated heterocycles. The van der Waals surface area contributed by atoms with E-state index in [9.17, 15) is 14.7 Å². The Balaban J connectivity index is 1.60. The Bertz CT molecular complexity index is 1960. The van der Waals surface area contributed by atoms with Crippen molar-refractivity contribution in [1.29, 1.82) is 0 Å². The minimum Gasteiger partial charge on any atom is -0.468 e. The molecule has 5 N–H and O–H groups in total. The topological polar surface area (TPSA) is 128 Å². The Morgan fingerprint density at radius 2 is 1.85 bits per heavy atom. The van der Waals surface area contributed by atoms with Crippen LogP contribution in [0.5, 0.6) is 0 Å². The molecule has 6 rings (SSSR count). The number of terminal acetylenes is 1. The highest BCUT2D eigenvalue weighted by atomic mass is 16.5. The van der Waals surface area contributed by atoms with Crippen molar-refractivity contribution in [2.45, 2.75) is 73.0 Å². The molecule has 48 heavy (non-hydrogen) atoms. The van der Waals surface area contributed by atoms with Gasteiger partial charge in [-0.2, -0.15) is 0 Å². The smallest absolute Gasteiger partial charge is 0.315 e. The summed E-state index contributed by atoms with van der Waals surface area (Å²) in [5, 5.41) is 20.8. The van der Waals surface area contributed by atoms with Gasteiger partial charge in [-0.1, -0.05) is 31.9 Å². The van der Waals surface area contributed by atoms with Crippen molar-refractivity contribution >= 4 is 29.7 Å². The van der Waals surface area contributed by atoms with Gasteiger partial charge in [-0.25, -0.2) is 0 Å². The number of aromatic amines is 2. The molecule has 1 aliphatic carbocycles. The second kappa shape index (κ2) is 13.1. The summed E-state index contributed by atoms with van der Waals surface area (Å²) in [5.74, 6) is 0.943. The zero-order chi connectivity index (χ0) is 34.4. The Kier molecular flexibility index (Phi) is 9.06. The lowest BCUT2D eigenvalue weighted by molar-refractivity contribution is -0.147. The van der Waals surface area contributed by atoms with Crippen molar-refractivity contribution in [3.05, 3.63) is 85.2 Å². The minimum atomic E-state index is -1.09. The van der Waals surface area contributed by atoms with Gasteiger partial charge in [0.05, 0.1) is 25.2 Å². The van der Waals surface area contributed by atoms with Gasteiger partial charge in [0.15, 0.2) is 0 Å². The zero-order valence-electron chi connectivity index (χ0n) is 28.8. The molecular formula is C39H46N4O5. The molecule has 2 aromatic heterocycles. The number of allylic oxidation sites excluding steroid dienone is 4. The maximum absolute atomic E-state index is 13.5. The molecule has 2 aromatic rings. The van der Waals surface area contributed by atoms with E-state index in [1.807, 2.05) is 19.9 Å². The highest BCUT2D eigenvalue weighted by Crippen LogP contribution is 2.45. The summed E-state index contributed by atoms with van der Waals surface area (Å²) in [5.41, 5.74) is 10.5. The largest absolute Gasteiger partial charge is 0.468 e. The Morgan fingerprint density at radius 3 is 2.54 bits per heavy atom. The summed E-state index contributed by atoms with van der Waals surface area (Å²) in [7, 11) is 1.35. The van der Waals surface area contributed by atoms with Gasteiger partial charge < -0.3 is 35.2 Å². The fourth-order valence-electron chi connectivity index (χ4n) is 8.08. The maximum Gasteiger partial charge on any atom is 0.315 e. The van der Waals surface area contributed by atoms with E-state index >= 15 is 0 Å². The number of carbonyl (C=O) groups excluding carboxylic acids is 2. The molecule has 3 aliphatic heterocycles. The van der Waals surface area contributed by atoms with Crippen LogP contribution in [-0.2, 0) is 25.5 Å². The second-order valence-electron chi connectivity index (χ2n) is 13.3. The molecule has 0 radical (unpaired) electrons. The average Bonchev–Trinajstić information content (AvgIpc) is 3.80. The van der Waals surface area contributed by atoms with Gasteiger partial charge in [-0.3, -0.25) is 9.59 Å². The van der Waals surface area contributed by atoms with Crippen LogP contribution in [0.1, 0.15) is 80.3 Å². The molecule has 0 aromatic carbocycles. The number of ether oxygens (including phenoxy) is 2. The standard InChI is InChI=1S/C39H46N4O5/c1-9-12-15-48-32(44)14-13-25-21(6)28-16-26-19(4)23(10-2)30(40-26)17-27-20(5)24(11-3)31(41-27)18-29-22(7)33-37(43-29)34(36(25)42-28)35(38(33)45)39(46)47-8/h2,9,12,16-18,21,23,25,35-36,38,40-43,45H,11,13-15H2,1,3-8H3/b12-9-,28-16-,29-18-,30-17-/t21-,23+,25-,35+,36?,38+/m0/s1. The van der Waals surface area contributed by atoms with Crippen LogP contribution in [-0.4, -0.2) is 46.8 Å². The number of hydrogen-bond donors (Lipinski definition) is 5. The molecule has 5 heterocycles. The molecule has 252 valence electrons. The molecule has 9 nitrogen and oxygen atoms in total. The third-order valence-corrected chi connectivity index (χ3v) is 10.8. The Labute approximate surface area is 282 Å². The number of carbonyl (C=O) groups is 2. The lowest BCUT2D eigenvalue weighted by atomic mass is 9.80. The van der Waals surface area contributed by atoms with Crippen LogP contribution in [0.4, 0.5) is 0 Å². The van der Waals surface area contributed by atoms with Crippen LogP contribution in [0, 0.1) is 49.9 Å². The first-order valence-electron chi connectivity index (χ1n) is 16.9. The summed E-state index contributed by atoms with van der Waals surface area (Å²) >= 11 is 0. The van der Waals surface area contributed by atoms with Crippen molar-refractivity contribution in [3.8, 4) is 12.3 Å². The summed E-state index contributed by atoms with van der Waals surface area (Å²) in [4.78, 5) is 33.5. The number of nitrogens with one attached hydrogen (secondary N) is 4. The molecule has 0 spiro atoms. The molecule has 8 bridgehead atoms. The van der Waals surface area contributed by atoms with Crippen LogP contribution in [0.3, 0.4) is 0 Å². The number of aliphatic hydroxyl groups excluding tert-OH is 1. The summed E-state index contributed by atoms with van der Waals surface area (Å²) in [6, 6.07) is -0.375.